The maximum Gasteiger partial charge on any atom is 0.182 e. The van der Waals surface area contributed by atoms with Gasteiger partial charge in [-0.2, -0.15) is 0 Å². The van der Waals surface area contributed by atoms with E-state index in [0.29, 0.717) is 0 Å². The number of aromatic nitrogens is 1. The van der Waals surface area contributed by atoms with Crippen LogP contribution in [0.25, 0.3) is 20.7 Å². The van der Waals surface area contributed by atoms with Crippen molar-refractivity contribution in [3.8, 4) is 10.6 Å². The van der Waals surface area contributed by atoms with Crippen LogP contribution in [0.4, 0.5) is 5.13 Å². The molecular weight excluding hydrogens is 236 g/mol. The average Bonchev–Trinajstić information content (AvgIpc) is 2.95. The summed E-state index contributed by atoms with van der Waals surface area (Å²) in [6.45, 7) is 0. The molecule has 0 saturated heterocycles. The molecule has 0 unspecified atom stereocenters. The summed E-state index contributed by atoms with van der Waals surface area (Å²) in [6.07, 6.45) is 0. The quantitative estimate of drug-likeness (QED) is 0.737. The Labute approximate surface area is 102 Å². The number of benzene rings is 1. The lowest BCUT2D eigenvalue weighted by Gasteiger charge is -1.89. The Morgan fingerprint density at radius 1 is 1.25 bits per heavy atom. The fourth-order valence-electron chi connectivity index (χ4n) is 1.61. The topological polar surface area (TPSA) is 24.9 Å². The molecule has 2 nitrogen and oxygen atoms in total. The summed E-state index contributed by atoms with van der Waals surface area (Å²) in [6, 6.07) is 10.6. The summed E-state index contributed by atoms with van der Waals surface area (Å²) in [7, 11) is 1.90. The number of rotatable bonds is 2. The third kappa shape index (κ3) is 1.60. The molecule has 0 fully saturated rings. The Morgan fingerprint density at radius 3 is 2.88 bits per heavy atom. The first-order chi connectivity index (χ1) is 7.86. The largest absolute Gasteiger partial charge is 0.365 e. The third-order valence-electron chi connectivity index (χ3n) is 2.40. The van der Waals surface area contributed by atoms with Gasteiger partial charge in [0.05, 0.1) is 10.6 Å². The molecular formula is C12H10N2S2. The van der Waals surface area contributed by atoms with Crippen LogP contribution in [0.3, 0.4) is 0 Å². The van der Waals surface area contributed by atoms with Gasteiger partial charge in [-0.15, -0.1) is 22.7 Å². The SMILES string of the molecule is CNc1nc(-c2cc3ccccc3s2)cs1. The highest BCUT2D eigenvalue weighted by Gasteiger charge is 2.07. The van der Waals surface area contributed by atoms with E-state index < -0.39 is 0 Å². The Balaban J connectivity index is 2.11. The van der Waals surface area contributed by atoms with Crippen molar-refractivity contribution in [3.05, 3.63) is 35.7 Å². The van der Waals surface area contributed by atoms with Gasteiger partial charge in [-0.25, -0.2) is 4.98 Å². The number of thiazole rings is 1. The van der Waals surface area contributed by atoms with Gasteiger partial charge in [-0.05, 0) is 17.5 Å². The molecule has 80 valence electrons. The lowest BCUT2D eigenvalue weighted by atomic mass is 10.2. The first-order valence-corrected chi connectivity index (χ1v) is 6.68. The summed E-state index contributed by atoms with van der Waals surface area (Å²) in [5.74, 6) is 0. The van der Waals surface area contributed by atoms with E-state index >= 15 is 0 Å². The van der Waals surface area contributed by atoms with E-state index in [1.165, 1.54) is 15.0 Å². The van der Waals surface area contributed by atoms with Crippen LogP contribution < -0.4 is 5.32 Å². The monoisotopic (exact) mass is 246 g/mol. The standard InChI is InChI=1S/C12H10N2S2/c1-13-12-14-9(7-15-12)11-6-8-4-2-3-5-10(8)16-11/h2-7H,1H3,(H,13,14). The molecule has 16 heavy (non-hydrogen) atoms. The molecule has 0 amide bonds. The summed E-state index contributed by atoms with van der Waals surface area (Å²) in [5, 5.41) is 7.42. The van der Waals surface area contributed by atoms with Crippen LogP contribution in [0, 0.1) is 0 Å². The summed E-state index contributed by atoms with van der Waals surface area (Å²) >= 11 is 3.43. The Kier molecular flexibility index (Phi) is 2.38. The van der Waals surface area contributed by atoms with E-state index in [0.717, 1.165) is 10.8 Å². The zero-order valence-electron chi connectivity index (χ0n) is 8.73. The minimum Gasteiger partial charge on any atom is -0.365 e. The van der Waals surface area contributed by atoms with E-state index in [9.17, 15) is 0 Å². The first kappa shape index (κ1) is 9.81. The summed E-state index contributed by atoms with van der Waals surface area (Å²) in [5.41, 5.74) is 1.07. The van der Waals surface area contributed by atoms with Crippen molar-refractivity contribution in [1.82, 2.24) is 4.98 Å². The average molecular weight is 246 g/mol. The Morgan fingerprint density at radius 2 is 2.12 bits per heavy atom. The second-order valence-electron chi connectivity index (χ2n) is 3.44. The van der Waals surface area contributed by atoms with Crippen LogP contribution in [-0.4, -0.2) is 12.0 Å². The first-order valence-electron chi connectivity index (χ1n) is 4.99. The minimum absolute atomic E-state index is 0.965. The molecule has 0 saturated carbocycles. The van der Waals surface area contributed by atoms with Gasteiger partial charge in [-0.1, -0.05) is 18.2 Å². The smallest absolute Gasteiger partial charge is 0.182 e. The molecule has 1 N–H and O–H groups in total. The van der Waals surface area contributed by atoms with Crippen LogP contribution in [0.1, 0.15) is 0 Å². The summed E-state index contributed by atoms with van der Waals surface area (Å²) < 4.78 is 1.32. The van der Waals surface area contributed by atoms with Crippen molar-refractivity contribution >= 4 is 37.9 Å². The number of nitrogens with zero attached hydrogens (tertiary/aromatic N) is 1. The second-order valence-corrected chi connectivity index (χ2v) is 5.38. The number of hydrogen-bond donors (Lipinski definition) is 1. The molecule has 0 atom stereocenters. The van der Waals surface area contributed by atoms with E-state index in [2.05, 4.69) is 46.0 Å². The van der Waals surface area contributed by atoms with Crippen molar-refractivity contribution in [2.75, 3.05) is 12.4 Å². The molecule has 4 heteroatoms. The second kappa shape index (κ2) is 3.88. The predicted molar refractivity (Wildman–Crippen MR) is 72.5 cm³/mol. The normalized spacial score (nSPS) is 10.8. The molecule has 2 heterocycles. The number of anilines is 1. The molecule has 0 radical (unpaired) electrons. The van der Waals surface area contributed by atoms with Crippen molar-refractivity contribution < 1.29 is 0 Å². The number of fused-ring (bicyclic) bond motifs is 1. The van der Waals surface area contributed by atoms with Gasteiger partial charge < -0.3 is 5.32 Å². The van der Waals surface area contributed by atoms with Gasteiger partial charge in [-0.3, -0.25) is 0 Å². The predicted octanol–water partition coefficient (Wildman–Crippen LogP) is 4.07. The molecule has 3 rings (SSSR count). The fraction of sp³-hybridized carbons (Fsp3) is 0.0833. The van der Waals surface area contributed by atoms with Gasteiger partial charge in [0.15, 0.2) is 5.13 Å². The van der Waals surface area contributed by atoms with E-state index in [1.807, 2.05) is 7.05 Å². The van der Waals surface area contributed by atoms with Crippen LogP contribution in [0.2, 0.25) is 0 Å². The molecule has 0 aliphatic carbocycles. The van der Waals surface area contributed by atoms with E-state index in [1.54, 1.807) is 22.7 Å². The van der Waals surface area contributed by atoms with Crippen molar-refractivity contribution in [1.29, 1.82) is 0 Å². The van der Waals surface area contributed by atoms with Crippen LogP contribution in [-0.2, 0) is 0 Å². The minimum atomic E-state index is 0.965. The lowest BCUT2D eigenvalue weighted by Crippen LogP contribution is -1.84. The van der Waals surface area contributed by atoms with Crippen molar-refractivity contribution in [2.45, 2.75) is 0 Å². The maximum atomic E-state index is 4.51. The number of hydrogen-bond acceptors (Lipinski definition) is 4. The zero-order valence-corrected chi connectivity index (χ0v) is 10.4. The highest BCUT2D eigenvalue weighted by Crippen LogP contribution is 2.34. The van der Waals surface area contributed by atoms with Crippen LogP contribution in [0.15, 0.2) is 35.7 Å². The molecule has 2 aromatic heterocycles. The number of thiophene rings is 1. The van der Waals surface area contributed by atoms with Gasteiger partial charge in [0.2, 0.25) is 0 Å². The maximum absolute atomic E-state index is 4.51. The highest BCUT2D eigenvalue weighted by molar-refractivity contribution is 7.22. The molecule has 1 aromatic carbocycles. The fourth-order valence-corrected chi connectivity index (χ4v) is 3.38. The van der Waals surface area contributed by atoms with E-state index in [-0.39, 0.29) is 0 Å². The van der Waals surface area contributed by atoms with Gasteiger partial charge in [0, 0.05) is 17.1 Å². The van der Waals surface area contributed by atoms with Crippen LogP contribution >= 0.6 is 22.7 Å². The molecule has 0 spiro atoms. The summed E-state index contributed by atoms with van der Waals surface area (Å²) in [4.78, 5) is 5.75. The van der Waals surface area contributed by atoms with Gasteiger partial charge >= 0.3 is 0 Å². The van der Waals surface area contributed by atoms with Crippen molar-refractivity contribution in [2.24, 2.45) is 0 Å². The lowest BCUT2D eigenvalue weighted by molar-refractivity contribution is 1.37. The highest BCUT2D eigenvalue weighted by atomic mass is 32.1. The zero-order chi connectivity index (χ0) is 11.0. The van der Waals surface area contributed by atoms with Crippen LogP contribution in [0.5, 0.6) is 0 Å². The molecule has 0 aliphatic rings. The van der Waals surface area contributed by atoms with Gasteiger partial charge in [0.25, 0.3) is 0 Å². The van der Waals surface area contributed by atoms with Crippen molar-refractivity contribution in [3.63, 3.8) is 0 Å². The number of nitrogens with one attached hydrogen (secondary N) is 1. The molecule has 3 aromatic rings. The van der Waals surface area contributed by atoms with Gasteiger partial charge in [0.1, 0.15) is 0 Å². The Hall–Kier alpha value is -1.39. The van der Waals surface area contributed by atoms with E-state index in [4.69, 9.17) is 0 Å². The third-order valence-corrected chi connectivity index (χ3v) is 4.39. The Bertz CT molecular complexity index is 592. The molecule has 0 aliphatic heterocycles. The molecule has 0 bridgehead atoms.